The lowest BCUT2D eigenvalue weighted by Gasteiger charge is -2.33. The highest BCUT2D eigenvalue weighted by Gasteiger charge is 2.28. The number of morpholine rings is 1. The van der Waals surface area contributed by atoms with Crippen LogP contribution in [-0.4, -0.2) is 50.2 Å². The van der Waals surface area contributed by atoms with Crippen molar-refractivity contribution in [2.75, 3.05) is 38.3 Å². The molecule has 24 heavy (non-hydrogen) atoms. The molecular formula is C19H29N3O2. The maximum atomic E-state index is 12.8. The Hall–Kier alpha value is -1.59. The minimum absolute atomic E-state index is 0.0919. The molecule has 1 amide bonds. The van der Waals surface area contributed by atoms with Gasteiger partial charge in [-0.15, -0.1) is 0 Å². The van der Waals surface area contributed by atoms with E-state index in [1.165, 1.54) is 11.3 Å². The number of carbonyl (C=O) groups is 1. The van der Waals surface area contributed by atoms with Crippen LogP contribution in [0.4, 0.5) is 5.69 Å². The fourth-order valence-corrected chi connectivity index (χ4v) is 3.85. The Bertz CT molecular complexity index is 557. The van der Waals surface area contributed by atoms with E-state index < -0.39 is 0 Å². The number of para-hydroxylation sites is 1. The van der Waals surface area contributed by atoms with Gasteiger partial charge in [0.15, 0.2) is 0 Å². The normalized spacial score (nSPS) is 24.7. The SMILES string of the molecule is CN(Cc1ccccc1N1CCOCC1)C(=O)[C@H]1CCC[C@@H](N)C1. The van der Waals surface area contributed by atoms with E-state index in [1.807, 2.05) is 18.0 Å². The number of hydrogen-bond acceptors (Lipinski definition) is 4. The molecule has 1 saturated heterocycles. The van der Waals surface area contributed by atoms with Crippen LogP contribution in [0.2, 0.25) is 0 Å². The van der Waals surface area contributed by atoms with E-state index in [0.717, 1.165) is 52.0 Å². The Morgan fingerprint density at radius 3 is 2.79 bits per heavy atom. The summed E-state index contributed by atoms with van der Waals surface area (Å²) < 4.78 is 5.45. The molecule has 1 aromatic rings. The third-order valence-corrected chi connectivity index (χ3v) is 5.19. The zero-order valence-corrected chi connectivity index (χ0v) is 14.6. The van der Waals surface area contributed by atoms with Gasteiger partial charge in [-0.3, -0.25) is 4.79 Å². The van der Waals surface area contributed by atoms with Crippen LogP contribution in [0.15, 0.2) is 24.3 Å². The van der Waals surface area contributed by atoms with Crippen molar-refractivity contribution in [3.05, 3.63) is 29.8 Å². The molecule has 0 spiro atoms. The standard InChI is InChI=1S/C19H29N3O2/c1-21(19(23)15-6-4-7-17(20)13-15)14-16-5-2-3-8-18(16)22-9-11-24-12-10-22/h2-3,5,8,15,17H,4,6-7,9-14,20H2,1H3/t15-,17+/m0/s1. The molecule has 1 aromatic carbocycles. The third-order valence-electron chi connectivity index (χ3n) is 5.19. The Kier molecular flexibility index (Phi) is 5.74. The number of hydrogen-bond donors (Lipinski definition) is 1. The van der Waals surface area contributed by atoms with Crippen LogP contribution in [0, 0.1) is 5.92 Å². The van der Waals surface area contributed by atoms with Gasteiger partial charge in [-0.1, -0.05) is 24.6 Å². The van der Waals surface area contributed by atoms with Crippen LogP contribution in [0.1, 0.15) is 31.2 Å². The van der Waals surface area contributed by atoms with Gasteiger partial charge in [-0.05, 0) is 30.9 Å². The molecule has 3 rings (SSSR count). The molecule has 0 radical (unpaired) electrons. The Labute approximate surface area is 144 Å². The lowest BCUT2D eigenvalue weighted by molar-refractivity contribution is -0.135. The molecule has 2 atom stereocenters. The number of carbonyl (C=O) groups excluding carboxylic acids is 1. The van der Waals surface area contributed by atoms with Gasteiger partial charge in [0, 0.05) is 44.3 Å². The van der Waals surface area contributed by atoms with Crippen LogP contribution in [0.3, 0.4) is 0 Å². The lowest BCUT2D eigenvalue weighted by Crippen LogP contribution is -2.39. The van der Waals surface area contributed by atoms with Gasteiger partial charge in [0.05, 0.1) is 13.2 Å². The van der Waals surface area contributed by atoms with Crippen LogP contribution in [0.5, 0.6) is 0 Å². The Morgan fingerprint density at radius 2 is 2.04 bits per heavy atom. The number of ether oxygens (including phenoxy) is 1. The smallest absolute Gasteiger partial charge is 0.225 e. The Morgan fingerprint density at radius 1 is 1.29 bits per heavy atom. The minimum Gasteiger partial charge on any atom is -0.378 e. The van der Waals surface area contributed by atoms with Crippen LogP contribution in [-0.2, 0) is 16.1 Å². The molecule has 5 nitrogen and oxygen atoms in total. The van der Waals surface area contributed by atoms with E-state index in [1.54, 1.807) is 0 Å². The van der Waals surface area contributed by atoms with Gasteiger partial charge in [-0.2, -0.15) is 0 Å². The fourth-order valence-electron chi connectivity index (χ4n) is 3.85. The van der Waals surface area contributed by atoms with Crippen molar-refractivity contribution in [2.45, 2.75) is 38.3 Å². The highest BCUT2D eigenvalue weighted by atomic mass is 16.5. The maximum Gasteiger partial charge on any atom is 0.225 e. The molecular weight excluding hydrogens is 302 g/mol. The summed E-state index contributed by atoms with van der Waals surface area (Å²) in [6, 6.07) is 8.57. The van der Waals surface area contributed by atoms with Gasteiger partial charge in [0.2, 0.25) is 5.91 Å². The predicted molar refractivity (Wildman–Crippen MR) is 95.9 cm³/mol. The van der Waals surface area contributed by atoms with Gasteiger partial charge in [-0.25, -0.2) is 0 Å². The van der Waals surface area contributed by atoms with E-state index in [-0.39, 0.29) is 17.9 Å². The highest BCUT2D eigenvalue weighted by Crippen LogP contribution is 2.27. The summed E-state index contributed by atoms with van der Waals surface area (Å²) in [7, 11) is 1.92. The van der Waals surface area contributed by atoms with Gasteiger partial charge in [0.1, 0.15) is 0 Å². The molecule has 1 aliphatic heterocycles. The van der Waals surface area contributed by atoms with Gasteiger partial charge >= 0.3 is 0 Å². The summed E-state index contributed by atoms with van der Waals surface area (Å²) in [6.07, 6.45) is 3.92. The second kappa shape index (κ2) is 7.99. The van der Waals surface area contributed by atoms with Crippen LogP contribution in [0.25, 0.3) is 0 Å². The summed E-state index contributed by atoms with van der Waals surface area (Å²) in [5, 5.41) is 0. The maximum absolute atomic E-state index is 12.8. The summed E-state index contributed by atoms with van der Waals surface area (Å²) in [6.45, 7) is 4.00. The van der Waals surface area contributed by atoms with Crippen molar-refractivity contribution in [1.29, 1.82) is 0 Å². The number of nitrogens with zero attached hydrogens (tertiary/aromatic N) is 2. The largest absolute Gasteiger partial charge is 0.378 e. The van der Waals surface area contributed by atoms with E-state index in [0.29, 0.717) is 6.54 Å². The molecule has 2 fully saturated rings. The summed E-state index contributed by atoms with van der Waals surface area (Å²) in [4.78, 5) is 17.0. The molecule has 0 unspecified atom stereocenters. The summed E-state index contributed by atoms with van der Waals surface area (Å²) in [5.41, 5.74) is 8.48. The second-order valence-corrected chi connectivity index (χ2v) is 7.05. The van der Waals surface area contributed by atoms with Gasteiger partial charge in [0.25, 0.3) is 0 Å². The monoisotopic (exact) mass is 331 g/mol. The lowest BCUT2D eigenvalue weighted by atomic mass is 9.85. The molecule has 0 bridgehead atoms. The van der Waals surface area contributed by atoms with E-state index in [4.69, 9.17) is 10.5 Å². The first kappa shape index (κ1) is 17.2. The predicted octanol–water partition coefficient (Wildman–Crippen LogP) is 2.00. The minimum atomic E-state index is 0.0919. The van der Waals surface area contributed by atoms with Crippen LogP contribution < -0.4 is 10.6 Å². The zero-order valence-electron chi connectivity index (χ0n) is 14.6. The molecule has 1 heterocycles. The van der Waals surface area contributed by atoms with E-state index >= 15 is 0 Å². The molecule has 132 valence electrons. The summed E-state index contributed by atoms with van der Waals surface area (Å²) in [5.74, 6) is 0.330. The van der Waals surface area contributed by atoms with Crippen molar-refractivity contribution in [1.82, 2.24) is 4.90 Å². The topological polar surface area (TPSA) is 58.8 Å². The third kappa shape index (κ3) is 4.08. The molecule has 2 aliphatic rings. The first-order chi connectivity index (χ1) is 11.6. The number of rotatable bonds is 4. The van der Waals surface area contributed by atoms with Crippen molar-refractivity contribution in [2.24, 2.45) is 11.7 Å². The first-order valence-electron chi connectivity index (χ1n) is 9.06. The van der Waals surface area contributed by atoms with Crippen molar-refractivity contribution in [3.8, 4) is 0 Å². The van der Waals surface area contributed by atoms with E-state index in [2.05, 4.69) is 23.1 Å². The molecule has 1 saturated carbocycles. The fraction of sp³-hybridized carbons (Fsp3) is 0.632. The number of benzene rings is 1. The second-order valence-electron chi connectivity index (χ2n) is 7.05. The number of amides is 1. The zero-order chi connectivity index (χ0) is 16.9. The molecule has 5 heteroatoms. The van der Waals surface area contributed by atoms with Gasteiger partial charge < -0.3 is 20.3 Å². The Balaban J connectivity index is 1.67. The highest BCUT2D eigenvalue weighted by molar-refractivity contribution is 5.79. The van der Waals surface area contributed by atoms with E-state index in [9.17, 15) is 4.79 Å². The average Bonchev–Trinajstić information content (AvgIpc) is 2.62. The van der Waals surface area contributed by atoms with Crippen molar-refractivity contribution >= 4 is 11.6 Å². The molecule has 2 N–H and O–H groups in total. The van der Waals surface area contributed by atoms with Crippen molar-refractivity contribution in [3.63, 3.8) is 0 Å². The molecule has 1 aliphatic carbocycles. The average molecular weight is 331 g/mol. The first-order valence-corrected chi connectivity index (χ1v) is 9.06. The van der Waals surface area contributed by atoms with Crippen LogP contribution >= 0.6 is 0 Å². The summed E-state index contributed by atoms with van der Waals surface area (Å²) >= 11 is 0. The number of nitrogens with two attached hydrogens (primary N) is 1. The quantitative estimate of drug-likeness (QED) is 0.917. The molecule has 0 aromatic heterocycles. The number of anilines is 1. The van der Waals surface area contributed by atoms with Crippen molar-refractivity contribution < 1.29 is 9.53 Å².